The van der Waals surface area contributed by atoms with Crippen molar-refractivity contribution in [2.24, 2.45) is 0 Å². The second kappa shape index (κ2) is 6.67. The number of aromatic amines is 1. The fraction of sp³-hybridized carbons (Fsp3) is 0.238. The molecule has 2 heterocycles. The van der Waals surface area contributed by atoms with E-state index in [1.54, 1.807) is 11.8 Å². The molecule has 0 bridgehead atoms. The highest BCUT2D eigenvalue weighted by atomic mass is 16.5. The van der Waals surface area contributed by atoms with Crippen LogP contribution in [-0.4, -0.2) is 29.5 Å². The zero-order valence-corrected chi connectivity index (χ0v) is 14.6. The summed E-state index contributed by atoms with van der Waals surface area (Å²) in [5.41, 5.74) is 3.92. The van der Waals surface area contributed by atoms with Crippen LogP contribution < -0.4 is 4.90 Å². The highest BCUT2D eigenvalue weighted by molar-refractivity contribution is 5.99. The molecular weight excluding hydrogens is 328 g/mol. The van der Waals surface area contributed by atoms with Crippen LogP contribution in [0.1, 0.15) is 18.1 Å². The molecule has 0 fully saturated rings. The maximum Gasteiger partial charge on any atom is 0.311 e. The largest absolute Gasteiger partial charge is 0.452 e. The molecule has 0 radical (unpaired) electrons. The number of fused-ring (bicyclic) bond motifs is 2. The fourth-order valence-electron chi connectivity index (χ4n) is 3.51. The summed E-state index contributed by atoms with van der Waals surface area (Å²) in [7, 11) is 0. The first-order valence-corrected chi connectivity index (χ1v) is 8.77. The number of aromatic nitrogens is 1. The number of para-hydroxylation sites is 2. The van der Waals surface area contributed by atoms with Gasteiger partial charge in [-0.05, 0) is 36.6 Å². The Balaban J connectivity index is 1.42. The molecule has 26 heavy (non-hydrogen) atoms. The molecule has 1 N–H and O–H groups in total. The van der Waals surface area contributed by atoms with Gasteiger partial charge in [-0.15, -0.1) is 0 Å². The van der Waals surface area contributed by atoms with Gasteiger partial charge in [-0.1, -0.05) is 36.4 Å². The summed E-state index contributed by atoms with van der Waals surface area (Å²) in [6.07, 6.45) is 1.98. The van der Waals surface area contributed by atoms with Crippen molar-refractivity contribution in [2.75, 3.05) is 11.4 Å². The number of rotatable bonds is 4. The Labute approximate surface area is 151 Å². The molecule has 2 aromatic carbocycles. The van der Waals surface area contributed by atoms with Crippen LogP contribution in [0.3, 0.4) is 0 Å². The molecule has 5 heteroatoms. The van der Waals surface area contributed by atoms with Crippen molar-refractivity contribution in [3.05, 3.63) is 65.9 Å². The van der Waals surface area contributed by atoms with E-state index in [4.69, 9.17) is 4.74 Å². The molecular formula is C21H20N2O3. The van der Waals surface area contributed by atoms with Crippen molar-refractivity contribution >= 4 is 28.5 Å². The normalized spacial score (nSPS) is 14.3. The van der Waals surface area contributed by atoms with E-state index in [1.165, 1.54) is 0 Å². The Morgan fingerprint density at radius 1 is 1.15 bits per heavy atom. The number of amides is 1. The van der Waals surface area contributed by atoms with Gasteiger partial charge in [-0.2, -0.15) is 0 Å². The van der Waals surface area contributed by atoms with Gasteiger partial charge in [0, 0.05) is 29.3 Å². The highest BCUT2D eigenvalue weighted by Crippen LogP contribution is 2.28. The first-order valence-electron chi connectivity index (χ1n) is 8.77. The Hall–Kier alpha value is -3.08. The smallest absolute Gasteiger partial charge is 0.311 e. The van der Waals surface area contributed by atoms with Crippen molar-refractivity contribution in [3.8, 4) is 0 Å². The lowest BCUT2D eigenvalue weighted by Gasteiger charge is -2.21. The number of anilines is 1. The van der Waals surface area contributed by atoms with Gasteiger partial charge >= 0.3 is 5.97 Å². The molecule has 4 rings (SSSR count). The Bertz CT molecular complexity index is 976. The van der Waals surface area contributed by atoms with Crippen molar-refractivity contribution in [2.45, 2.75) is 25.9 Å². The van der Waals surface area contributed by atoms with Crippen LogP contribution in [0.25, 0.3) is 10.9 Å². The van der Waals surface area contributed by atoms with Gasteiger partial charge in [0.1, 0.15) is 0 Å². The van der Waals surface area contributed by atoms with Gasteiger partial charge in [0.2, 0.25) is 0 Å². The van der Waals surface area contributed by atoms with Gasteiger partial charge < -0.3 is 14.6 Å². The number of nitrogens with one attached hydrogen (secondary N) is 1. The SMILES string of the molecule is C[C@@H](OC(=O)Cc1c[nH]c2ccccc12)C(=O)N1CCc2ccccc21. The molecule has 5 nitrogen and oxygen atoms in total. The quantitative estimate of drug-likeness (QED) is 0.736. The number of carbonyl (C=O) groups excluding carboxylic acids is 2. The molecule has 0 unspecified atom stereocenters. The average molecular weight is 348 g/mol. The van der Waals surface area contributed by atoms with Gasteiger partial charge in [0.25, 0.3) is 5.91 Å². The summed E-state index contributed by atoms with van der Waals surface area (Å²) in [5, 5.41) is 0.997. The van der Waals surface area contributed by atoms with Gasteiger partial charge in [0.05, 0.1) is 6.42 Å². The molecule has 1 atom stereocenters. The van der Waals surface area contributed by atoms with Crippen molar-refractivity contribution < 1.29 is 14.3 Å². The fourth-order valence-corrected chi connectivity index (χ4v) is 3.51. The molecule has 3 aromatic rings. The number of hydrogen-bond acceptors (Lipinski definition) is 3. The predicted molar refractivity (Wildman–Crippen MR) is 100 cm³/mol. The third kappa shape index (κ3) is 2.96. The number of benzene rings is 2. The van der Waals surface area contributed by atoms with E-state index < -0.39 is 12.1 Å². The molecule has 1 aliphatic rings. The molecule has 0 spiro atoms. The number of H-pyrrole nitrogens is 1. The van der Waals surface area contributed by atoms with E-state index in [9.17, 15) is 9.59 Å². The summed E-state index contributed by atoms with van der Waals surface area (Å²) in [4.78, 5) is 29.9. The van der Waals surface area contributed by atoms with Crippen LogP contribution in [0.4, 0.5) is 5.69 Å². The summed E-state index contributed by atoms with van der Waals surface area (Å²) in [5.74, 6) is -0.578. The van der Waals surface area contributed by atoms with Crippen molar-refractivity contribution in [1.82, 2.24) is 4.98 Å². The number of hydrogen-bond donors (Lipinski definition) is 1. The van der Waals surface area contributed by atoms with Crippen molar-refractivity contribution in [1.29, 1.82) is 0 Å². The highest BCUT2D eigenvalue weighted by Gasteiger charge is 2.29. The zero-order chi connectivity index (χ0) is 18.1. The predicted octanol–water partition coefficient (Wildman–Crippen LogP) is 3.23. The number of carbonyl (C=O) groups is 2. The van der Waals surface area contributed by atoms with Crippen LogP contribution in [0.5, 0.6) is 0 Å². The van der Waals surface area contributed by atoms with E-state index in [0.29, 0.717) is 6.54 Å². The third-order valence-corrected chi connectivity index (χ3v) is 4.82. The second-order valence-corrected chi connectivity index (χ2v) is 6.54. The maximum absolute atomic E-state index is 12.7. The lowest BCUT2D eigenvalue weighted by Crippen LogP contribution is -2.39. The topological polar surface area (TPSA) is 62.4 Å². The first kappa shape index (κ1) is 16.4. The lowest BCUT2D eigenvalue weighted by molar-refractivity contribution is -0.153. The number of esters is 1. The van der Waals surface area contributed by atoms with E-state index in [1.807, 2.05) is 54.7 Å². The van der Waals surface area contributed by atoms with Crippen LogP contribution in [0.15, 0.2) is 54.7 Å². The van der Waals surface area contributed by atoms with Gasteiger partial charge in [-0.3, -0.25) is 9.59 Å². The average Bonchev–Trinajstić information content (AvgIpc) is 3.25. The summed E-state index contributed by atoms with van der Waals surface area (Å²) >= 11 is 0. The van der Waals surface area contributed by atoms with E-state index in [-0.39, 0.29) is 12.3 Å². The van der Waals surface area contributed by atoms with Crippen LogP contribution in [-0.2, 0) is 27.2 Å². The van der Waals surface area contributed by atoms with Gasteiger partial charge in [0.15, 0.2) is 6.10 Å². The third-order valence-electron chi connectivity index (χ3n) is 4.82. The molecule has 1 amide bonds. The minimum absolute atomic E-state index is 0.137. The second-order valence-electron chi connectivity index (χ2n) is 6.54. The van der Waals surface area contributed by atoms with E-state index >= 15 is 0 Å². The Morgan fingerprint density at radius 3 is 2.81 bits per heavy atom. The van der Waals surface area contributed by atoms with Crippen LogP contribution >= 0.6 is 0 Å². The molecule has 1 aromatic heterocycles. The molecule has 0 saturated heterocycles. The number of nitrogens with zero attached hydrogens (tertiary/aromatic N) is 1. The Kier molecular flexibility index (Phi) is 4.21. The summed E-state index contributed by atoms with van der Waals surface area (Å²) in [6, 6.07) is 15.6. The maximum atomic E-state index is 12.7. The lowest BCUT2D eigenvalue weighted by atomic mass is 10.1. The monoisotopic (exact) mass is 348 g/mol. The minimum Gasteiger partial charge on any atom is -0.452 e. The molecule has 0 saturated carbocycles. The van der Waals surface area contributed by atoms with Crippen LogP contribution in [0, 0.1) is 0 Å². The zero-order valence-electron chi connectivity index (χ0n) is 14.6. The van der Waals surface area contributed by atoms with Crippen molar-refractivity contribution in [3.63, 3.8) is 0 Å². The molecule has 132 valence electrons. The molecule has 0 aliphatic carbocycles. The minimum atomic E-state index is -0.807. The van der Waals surface area contributed by atoms with E-state index in [2.05, 4.69) is 4.98 Å². The van der Waals surface area contributed by atoms with Gasteiger partial charge in [-0.25, -0.2) is 0 Å². The number of ether oxygens (including phenoxy) is 1. The Morgan fingerprint density at radius 2 is 1.92 bits per heavy atom. The van der Waals surface area contributed by atoms with Crippen LogP contribution in [0.2, 0.25) is 0 Å². The van der Waals surface area contributed by atoms with E-state index in [0.717, 1.165) is 34.1 Å². The first-order chi connectivity index (χ1) is 12.6. The molecule has 1 aliphatic heterocycles. The standard InChI is InChI=1S/C21H20N2O3/c1-14(21(25)23-11-10-15-6-2-5-9-19(15)23)26-20(24)12-16-13-22-18-8-4-3-7-17(16)18/h2-9,13-14,22H,10-12H2,1H3/t14-/m1/s1. The summed E-state index contributed by atoms with van der Waals surface area (Å²) < 4.78 is 5.42. The summed E-state index contributed by atoms with van der Waals surface area (Å²) in [6.45, 7) is 2.26.